The number of unbranched alkanes of at least 4 members (excludes halogenated alkanes) is 1. The Morgan fingerprint density at radius 2 is 1.44 bits per heavy atom. The van der Waals surface area contributed by atoms with Gasteiger partial charge in [-0.3, -0.25) is 0 Å². The summed E-state index contributed by atoms with van der Waals surface area (Å²) in [5.74, 6) is 1.00. The van der Waals surface area contributed by atoms with Gasteiger partial charge in [-0.15, -0.1) is 0 Å². The molecule has 0 unspecified atom stereocenters. The van der Waals surface area contributed by atoms with Crippen molar-refractivity contribution in [1.29, 1.82) is 0 Å². The van der Waals surface area contributed by atoms with Crippen molar-refractivity contribution in [2.75, 3.05) is 0 Å². The molecule has 0 radical (unpaired) electrons. The van der Waals surface area contributed by atoms with Crippen molar-refractivity contribution < 1.29 is 0 Å². The maximum absolute atomic E-state index is 4.17. The number of aromatic amines is 1. The number of imidazole rings is 1. The van der Waals surface area contributed by atoms with E-state index in [1.165, 1.54) is 46.8 Å². The summed E-state index contributed by atoms with van der Waals surface area (Å²) in [4.78, 5) is 7.24. The van der Waals surface area contributed by atoms with Gasteiger partial charge in [0, 0.05) is 23.3 Å². The number of nitrogens with one attached hydrogen (secondary N) is 1. The Hall–Kier alpha value is -2.59. The molecule has 32 heavy (non-hydrogen) atoms. The molecule has 0 aliphatic heterocycles. The van der Waals surface area contributed by atoms with Crippen molar-refractivity contribution in [3.63, 3.8) is 0 Å². The molecule has 0 amide bonds. The lowest BCUT2D eigenvalue weighted by molar-refractivity contribution is 0.878. The fourth-order valence-electron chi connectivity index (χ4n) is 4.03. The van der Waals surface area contributed by atoms with Crippen LogP contribution < -0.4 is 10.9 Å². The molecule has 0 fully saturated rings. The van der Waals surface area contributed by atoms with Crippen LogP contribution in [0.2, 0.25) is 6.32 Å². The van der Waals surface area contributed by atoms with E-state index in [0.29, 0.717) is 6.71 Å². The summed E-state index contributed by atoms with van der Waals surface area (Å²) in [6.07, 6.45) is 8.26. The lowest BCUT2D eigenvalue weighted by Gasteiger charge is -2.18. The number of hydrogen-bond donors (Lipinski definition) is 1. The standard InChI is InChI=1S/C18H23B.C10H9BrN2/c1-4-5-14-19(17-12-8-6-10-15(17)2)18-13-9-7-11-16(18)3;11-9-3-1-8(2-4-9)7-10-12-5-6-13-10/h6-13H,4-5,14H2,1-3H3;1-6H,7H2,(H,12,13). The third-order valence-electron chi connectivity index (χ3n) is 5.81. The van der Waals surface area contributed by atoms with E-state index >= 15 is 0 Å². The van der Waals surface area contributed by atoms with Crippen LogP contribution in [0, 0.1) is 13.8 Å². The van der Waals surface area contributed by atoms with E-state index in [2.05, 4.69) is 107 Å². The van der Waals surface area contributed by atoms with E-state index in [-0.39, 0.29) is 0 Å². The van der Waals surface area contributed by atoms with Crippen LogP contribution in [0.15, 0.2) is 89.7 Å². The topological polar surface area (TPSA) is 28.7 Å². The highest BCUT2D eigenvalue weighted by Gasteiger charge is 2.21. The summed E-state index contributed by atoms with van der Waals surface area (Å²) in [5, 5.41) is 0. The Balaban J connectivity index is 0.000000193. The predicted molar refractivity (Wildman–Crippen MR) is 143 cm³/mol. The SMILES string of the molecule is Brc1ccc(Cc2ncc[nH]2)cc1.CCCCB(c1ccccc1C)c1ccccc1C. The highest BCUT2D eigenvalue weighted by molar-refractivity contribution is 9.10. The van der Waals surface area contributed by atoms with Crippen LogP contribution in [-0.2, 0) is 6.42 Å². The van der Waals surface area contributed by atoms with Gasteiger partial charge in [0.25, 0.3) is 0 Å². The van der Waals surface area contributed by atoms with Crippen LogP contribution in [0.25, 0.3) is 0 Å². The van der Waals surface area contributed by atoms with Crippen molar-refractivity contribution in [3.05, 3.63) is 112 Å². The summed E-state index contributed by atoms with van der Waals surface area (Å²) >= 11 is 3.40. The zero-order valence-corrected chi connectivity index (χ0v) is 20.9. The van der Waals surface area contributed by atoms with E-state index in [4.69, 9.17) is 0 Å². The monoisotopic (exact) mass is 486 g/mol. The van der Waals surface area contributed by atoms with Gasteiger partial charge >= 0.3 is 0 Å². The lowest BCUT2D eigenvalue weighted by atomic mass is 9.37. The molecule has 2 nitrogen and oxygen atoms in total. The minimum absolute atomic E-state index is 0.544. The van der Waals surface area contributed by atoms with Crippen LogP contribution in [0.4, 0.5) is 0 Å². The molecule has 0 aliphatic carbocycles. The molecule has 0 aliphatic rings. The average molecular weight is 487 g/mol. The molecule has 4 heteroatoms. The molecule has 1 aromatic heterocycles. The van der Waals surface area contributed by atoms with Crippen LogP contribution in [0.3, 0.4) is 0 Å². The normalized spacial score (nSPS) is 10.4. The van der Waals surface area contributed by atoms with Crippen molar-refractivity contribution in [1.82, 2.24) is 9.97 Å². The summed E-state index contributed by atoms with van der Waals surface area (Å²) in [6, 6.07) is 25.9. The molecular weight excluding hydrogens is 455 g/mol. The first-order chi connectivity index (χ1) is 15.6. The summed E-state index contributed by atoms with van der Waals surface area (Å²) in [6.45, 7) is 7.27. The maximum Gasteiger partial charge on any atom is 0.209 e. The number of aromatic nitrogens is 2. The van der Waals surface area contributed by atoms with Crippen molar-refractivity contribution >= 4 is 33.6 Å². The van der Waals surface area contributed by atoms with Crippen molar-refractivity contribution in [2.24, 2.45) is 0 Å². The highest BCUT2D eigenvalue weighted by atomic mass is 79.9. The van der Waals surface area contributed by atoms with Gasteiger partial charge in [0.05, 0.1) is 0 Å². The van der Waals surface area contributed by atoms with Gasteiger partial charge in [-0.1, -0.05) is 125 Å². The first-order valence-corrected chi connectivity index (χ1v) is 12.2. The zero-order valence-electron chi connectivity index (χ0n) is 19.3. The maximum atomic E-state index is 4.17. The average Bonchev–Trinajstić information content (AvgIpc) is 3.31. The van der Waals surface area contributed by atoms with Gasteiger partial charge in [-0.25, -0.2) is 4.98 Å². The van der Waals surface area contributed by atoms with E-state index in [0.717, 1.165) is 16.7 Å². The number of rotatable bonds is 7. The number of hydrogen-bond acceptors (Lipinski definition) is 1. The predicted octanol–water partition coefficient (Wildman–Crippen LogP) is 6.48. The van der Waals surface area contributed by atoms with Crippen LogP contribution in [0.1, 0.15) is 42.3 Å². The van der Waals surface area contributed by atoms with Crippen molar-refractivity contribution in [3.8, 4) is 0 Å². The van der Waals surface area contributed by atoms with Crippen LogP contribution in [-0.4, -0.2) is 16.7 Å². The molecule has 0 saturated heterocycles. The third-order valence-corrected chi connectivity index (χ3v) is 6.34. The molecular formula is C28H32BBrN2. The molecule has 0 bridgehead atoms. The smallest absolute Gasteiger partial charge is 0.209 e. The molecule has 0 atom stereocenters. The number of H-pyrrole nitrogens is 1. The lowest BCUT2D eigenvalue weighted by Crippen LogP contribution is -2.44. The number of aryl methyl sites for hydroxylation is 2. The van der Waals surface area contributed by atoms with Gasteiger partial charge in [0.15, 0.2) is 0 Å². The number of nitrogens with zero attached hydrogens (tertiary/aromatic N) is 1. The molecule has 0 spiro atoms. The Labute approximate surface area is 201 Å². The minimum atomic E-state index is 0.544. The van der Waals surface area contributed by atoms with Gasteiger partial charge in [0.2, 0.25) is 6.71 Å². The highest BCUT2D eigenvalue weighted by Crippen LogP contribution is 2.12. The van der Waals surface area contributed by atoms with E-state index in [1.54, 1.807) is 6.20 Å². The molecule has 1 heterocycles. The molecule has 3 aromatic carbocycles. The number of benzene rings is 3. The van der Waals surface area contributed by atoms with Gasteiger partial charge < -0.3 is 4.98 Å². The van der Waals surface area contributed by atoms with Gasteiger partial charge in [-0.2, -0.15) is 0 Å². The van der Waals surface area contributed by atoms with E-state index < -0.39 is 0 Å². The van der Waals surface area contributed by atoms with Gasteiger partial charge in [0.1, 0.15) is 5.82 Å². The second-order valence-electron chi connectivity index (χ2n) is 8.25. The fourth-order valence-corrected chi connectivity index (χ4v) is 4.30. The molecule has 4 rings (SSSR count). The quantitative estimate of drug-likeness (QED) is 0.297. The van der Waals surface area contributed by atoms with Crippen molar-refractivity contribution in [2.45, 2.75) is 46.4 Å². The second kappa shape index (κ2) is 12.5. The minimum Gasteiger partial charge on any atom is -0.348 e. The zero-order chi connectivity index (χ0) is 22.8. The second-order valence-corrected chi connectivity index (χ2v) is 9.16. The summed E-state index contributed by atoms with van der Waals surface area (Å²) in [5.41, 5.74) is 7.06. The molecule has 1 N–H and O–H groups in total. The first kappa shape index (κ1) is 24.1. The van der Waals surface area contributed by atoms with E-state index in [1.807, 2.05) is 18.3 Å². The Bertz CT molecular complexity index is 1030. The third kappa shape index (κ3) is 6.96. The summed E-state index contributed by atoms with van der Waals surface area (Å²) < 4.78 is 1.11. The number of halogens is 1. The van der Waals surface area contributed by atoms with Gasteiger partial charge in [-0.05, 0) is 31.5 Å². The Morgan fingerprint density at radius 1 is 0.844 bits per heavy atom. The van der Waals surface area contributed by atoms with E-state index in [9.17, 15) is 0 Å². The van der Waals surface area contributed by atoms with Crippen LogP contribution >= 0.6 is 15.9 Å². The molecule has 4 aromatic rings. The molecule has 164 valence electrons. The summed E-state index contributed by atoms with van der Waals surface area (Å²) in [7, 11) is 0. The fraction of sp³-hybridized carbons (Fsp3) is 0.250. The van der Waals surface area contributed by atoms with Crippen LogP contribution in [0.5, 0.6) is 0 Å². The first-order valence-electron chi connectivity index (χ1n) is 11.4. The molecule has 0 saturated carbocycles. The Kier molecular flexibility index (Phi) is 9.36. The largest absolute Gasteiger partial charge is 0.348 e. The Morgan fingerprint density at radius 3 is 1.94 bits per heavy atom.